The Bertz CT molecular complexity index is 630. The molecule has 0 saturated carbocycles. The van der Waals surface area contributed by atoms with Crippen LogP contribution in [-0.4, -0.2) is 26.2 Å². The van der Waals surface area contributed by atoms with Gasteiger partial charge in [-0.25, -0.2) is 13.1 Å². The van der Waals surface area contributed by atoms with Crippen LogP contribution in [0.25, 0.3) is 0 Å². The average molecular weight is 317 g/mol. The first kappa shape index (κ1) is 16.9. The molecule has 110 valence electrons. The first-order valence-corrected chi connectivity index (χ1v) is 7.82. The van der Waals surface area contributed by atoms with Gasteiger partial charge in [-0.2, -0.15) is 5.26 Å². The number of nitrogens with zero attached hydrogens (tertiary/aromatic N) is 1. The van der Waals surface area contributed by atoms with E-state index in [1.54, 1.807) is 26.8 Å². The van der Waals surface area contributed by atoms with Crippen LogP contribution in [0.5, 0.6) is 0 Å². The molecule has 20 heavy (non-hydrogen) atoms. The average Bonchev–Trinajstić information content (AvgIpc) is 2.34. The van der Waals surface area contributed by atoms with Crippen molar-refractivity contribution in [1.29, 1.82) is 5.26 Å². The summed E-state index contributed by atoms with van der Waals surface area (Å²) < 4.78 is 26.6. The summed E-state index contributed by atoms with van der Waals surface area (Å²) in [6.45, 7) is 5.26. The molecule has 1 aromatic rings. The lowest BCUT2D eigenvalue weighted by Crippen LogP contribution is -2.39. The summed E-state index contributed by atoms with van der Waals surface area (Å²) in [5, 5.41) is 18.9. The van der Waals surface area contributed by atoms with Crippen LogP contribution in [0.3, 0.4) is 0 Å². The van der Waals surface area contributed by atoms with Crippen molar-refractivity contribution < 1.29 is 13.5 Å². The lowest BCUT2D eigenvalue weighted by Gasteiger charge is -2.25. The molecule has 0 amide bonds. The first-order chi connectivity index (χ1) is 9.09. The van der Waals surface area contributed by atoms with Crippen molar-refractivity contribution in [2.24, 2.45) is 5.41 Å². The summed E-state index contributed by atoms with van der Waals surface area (Å²) in [5.41, 5.74) is -0.554. The molecule has 7 heteroatoms. The van der Waals surface area contributed by atoms with Crippen LogP contribution in [0.1, 0.15) is 26.3 Å². The van der Waals surface area contributed by atoms with Crippen molar-refractivity contribution in [3.8, 4) is 6.07 Å². The number of rotatable bonds is 4. The van der Waals surface area contributed by atoms with Gasteiger partial charge in [-0.1, -0.05) is 38.4 Å². The van der Waals surface area contributed by atoms with E-state index in [0.717, 1.165) is 0 Å². The number of aliphatic hydroxyl groups is 1. The molecule has 1 rings (SSSR count). The second kappa shape index (κ2) is 6.10. The minimum absolute atomic E-state index is 0.0757. The second-order valence-corrected chi connectivity index (χ2v) is 7.60. The molecule has 0 saturated heterocycles. The molecule has 2 N–H and O–H groups in total. The van der Waals surface area contributed by atoms with Crippen molar-refractivity contribution in [3.05, 3.63) is 28.8 Å². The van der Waals surface area contributed by atoms with Crippen molar-refractivity contribution in [3.63, 3.8) is 0 Å². The summed E-state index contributed by atoms with van der Waals surface area (Å²) in [6, 6.07) is 5.98. The smallest absolute Gasteiger partial charge is 0.242 e. The molecule has 0 radical (unpaired) electrons. The van der Waals surface area contributed by atoms with Gasteiger partial charge in [0.2, 0.25) is 10.0 Å². The highest BCUT2D eigenvalue weighted by molar-refractivity contribution is 7.89. The third kappa shape index (κ3) is 3.93. The number of aliphatic hydroxyl groups excluding tert-OH is 1. The van der Waals surface area contributed by atoms with E-state index in [0.29, 0.717) is 0 Å². The Kier molecular flexibility index (Phi) is 5.16. The predicted octanol–water partition coefficient (Wildman–Crippen LogP) is 1.90. The van der Waals surface area contributed by atoms with Gasteiger partial charge in [-0.15, -0.1) is 0 Å². The highest BCUT2D eigenvalue weighted by Gasteiger charge is 2.26. The van der Waals surface area contributed by atoms with Gasteiger partial charge in [-0.05, 0) is 17.5 Å². The molecule has 0 aromatic heterocycles. The van der Waals surface area contributed by atoms with Gasteiger partial charge in [0.25, 0.3) is 0 Å². The number of benzene rings is 1. The first-order valence-electron chi connectivity index (χ1n) is 5.96. The zero-order valence-electron chi connectivity index (χ0n) is 11.5. The Balaban J connectivity index is 3.03. The molecule has 0 fully saturated rings. The summed E-state index contributed by atoms with van der Waals surface area (Å²) in [5.74, 6) is 0. The van der Waals surface area contributed by atoms with Crippen LogP contribution in [0.15, 0.2) is 23.1 Å². The zero-order valence-corrected chi connectivity index (χ0v) is 13.1. The van der Waals surface area contributed by atoms with E-state index in [2.05, 4.69) is 4.72 Å². The molecule has 0 heterocycles. The highest BCUT2D eigenvalue weighted by Crippen LogP contribution is 2.23. The molecule has 0 bridgehead atoms. The Hall–Kier alpha value is -1.13. The third-order valence-electron chi connectivity index (χ3n) is 2.84. The quantitative estimate of drug-likeness (QED) is 0.887. The van der Waals surface area contributed by atoms with Gasteiger partial charge < -0.3 is 5.11 Å². The Morgan fingerprint density at radius 3 is 2.55 bits per heavy atom. The predicted molar refractivity (Wildman–Crippen MR) is 76.8 cm³/mol. The topological polar surface area (TPSA) is 90.2 Å². The highest BCUT2D eigenvalue weighted by atomic mass is 35.5. The summed E-state index contributed by atoms with van der Waals surface area (Å²) in [4.78, 5) is -0.186. The van der Waals surface area contributed by atoms with Gasteiger partial charge in [0.05, 0.1) is 16.7 Å². The van der Waals surface area contributed by atoms with Crippen LogP contribution in [0.2, 0.25) is 5.02 Å². The van der Waals surface area contributed by atoms with E-state index in [-0.39, 0.29) is 22.0 Å². The lowest BCUT2D eigenvalue weighted by atomic mass is 9.89. The molecule has 0 aliphatic heterocycles. The fraction of sp³-hybridized carbons (Fsp3) is 0.462. The summed E-state index contributed by atoms with van der Waals surface area (Å²) in [7, 11) is -3.90. The summed E-state index contributed by atoms with van der Waals surface area (Å²) in [6.07, 6.45) is -0.845. The van der Waals surface area contributed by atoms with Gasteiger partial charge in [0, 0.05) is 6.54 Å². The molecule has 1 atom stereocenters. The van der Waals surface area contributed by atoms with E-state index >= 15 is 0 Å². The minimum atomic E-state index is -3.90. The Morgan fingerprint density at radius 1 is 1.45 bits per heavy atom. The number of hydrogen-bond acceptors (Lipinski definition) is 4. The van der Waals surface area contributed by atoms with Crippen LogP contribution in [0, 0.1) is 16.7 Å². The van der Waals surface area contributed by atoms with Crippen molar-refractivity contribution in [2.45, 2.75) is 31.8 Å². The van der Waals surface area contributed by atoms with Crippen molar-refractivity contribution in [2.75, 3.05) is 6.54 Å². The van der Waals surface area contributed by atoms with Crippen LogP contribution in [-0.2, 0) is 10.0 Å². The van der Waals surface area contributed by atoms with Gasteiger partial charge in [0.15, 0.2) is 0 Å². The maximum absolute atomic E-state index is 12.2. The number of hydrogen-bond donors (Lipinski definition) is 2. The zero-order chi connectivity index (χ0) is 15.6. The number of nitriles is 1. The fourth-order valence-corrected chi connectivity index (χ4v) is 2.90. The maximum Gasteiger partial charge on any atom is 0.242 e. The van der Waals surface area contributed by atoms with Gasteiger partial charge in [0.1, 0.15) is 11.0 Å². The normalized spacial score (nSPS) is 13.8. The largest absolute Gasteiger partial charge is 0.391 e. The van der Waals surface area contributed by atoms with E-state index < -0.39 is 21.5 Å². The standard InChI is InChI=1S/C13H17ClN2O3S/c1-13(2,3)12(17)8-16-20(18,19)11-6-4-5-10(14)9(11)7-15/h4-6,12,16-17H,8H2,1-3H3. The second-order valence-electron chi connectivity index (χ2n) is 5.46. The van der Waals surface area contributed by atoms with Crippen LogP contribution < -0.4 is 4.72 Å². The number of nitrogens with one attached hydrogen (secondary N) is 1. The Labute approximate surface area is 124 Å². The Morgan fingerprint density at radius 2 is 2.05 bits per heavy atom. The van der Waals surface area contributed by atoms with Crippen molar-refractivity contribution >= 4 is 21.6 Å². The maximum atomic E-state index is 12.2. The van der Waals surface area contributed by atoms with Crippen molar-refractivity contribution in [1.82, 2.24) is 4.72 Å². The van der Waals surface area contributed by atoms with Gasteiger partial charge in [-0.3, -0.25) is 0 Å². The molecule has 0 spiro atoms. The molecular formula is C13H17ClN2O3S. The molecule has 1 unspecified atom stereocenters. The molecule has 5 nitrogen and oxygen atoms in total. The third-order valence-corrected chi connectivity index (χ3v) is 4.62. The lowest BCUT2D eigenvalue weighted by molar-refractivity contribution is 0.0677. The number of halogens is 1. The van der Waals surface area contributed by atoms with Crippen LogP contribution >= 0.6 is 11.6 Å². The molecular weight excluding hydrogens is 300 g/mol. The fourth-order valence-electron chi connectivity index (χ4n) is 1.41. The van der Waals surface area contributed by atoms with E-state index in [1.807, 2.05) is 0 Å². The van der Waals surface area contributed by atoms with Crippen LogP contribution in [0.4, 0.5) is 0 Å². The SMILES string of the molecule is CC(C)(C)C(O)CNS(=O)(=O)c1cccc(Cl)c1C#N. The molecule has 1 aromatic carbocycles. The number of sulfonamides is 1. The van der Waals surface area contributed by atoms with E-state index in [1.165, 1.54) is 18.2 Å². The van der Waals surface area contributed by atoms with E-state index in [9.17, 15) is 13.5 Å². The minimum Gasteiger partial charge on any atom is -0.391 e. The molecule has 0 aliphatic rings. The molecule has 0 aliphatic carbocycles. The van der Waals surface area contributed by atoms with Gasteiger partial charge >= 0.3 is 0 Å². The van der Waals surface area contributed by atoms with E-state index in [4.69, 9.17) is 16.9 Å². The summed E-state index contributed by atoms with van der Waals surface area (Å²) >= 11 is 5.81. The monoisotopic (exact) mass is 316 g/mol.